The van der Waals surface area contributed by atoms with Gasteiger partial charge in [0.25, 0.3) is 0 Å². The fourth-order valence-corrected chi connectivity index (χ4v) is 3.56. The van der Waals surface area contributed by atoms with E-state index < -0.39 is 0 Å². The molecule has 1 atom stereocenters. The molecule has 2 aromatic heterocycles. The van der Waals surface area contributed by atoms with Crippen LogP contribution in [-0.4, -0.2) is 45.4 Å². The first-order chi connectivity index (χ1) is 13.2. The fraction of sp³-hybridized carbons (Fsp3) is 0.400. The highest BCUT2D eigenvalue weighted by molar-refractivity contribution is 5.79. The van der Waals surface area contributed by atoms with Crippen LogP contribution in [0.5, 0.6) is 0 Å². The molecule has 0 saturated carbocycles. The molecule has 0 radical (unpaired) electrons. The van der Waals surface area contributed by atoms with E-state index in [1.54, 1.807) is 10.8 Å². The molecule has 0 aliphatic carbocycles. The second kappa shape index (κ2) is 7.73. The number of nitrogens with one attached hydrogen (secondary N) is 1. The Morgan fingerprint density at radius 2 is 1.96 bits per heavy atom. The summed E-state index contributed by atoms with van der Waals surface area (Å²) in [5.41, 5.74) is 1.99. The van der Waals surface area contributed by atoms with Crippen LogP contribution < -0.4 is 10.2 Å². The lowest BCUT2D eigenvalue weighted by atomic mass is 9.95. The van der Waals surface area contributed by atoms with Gasteiger partial charge in [-0.05, 0) is 36.5 Å². The average molecular weight is 364 g/mol. The van der Waals surface area contributed by atoms with Crippen molar-refractivity contribution in [1.82, 2.24) is 25.1 Å². The van der Waals surface area contributed by atoms with Gasteiger partial charge in [0.2, 0.25) is 5.91 Å². The van der Waals surface area contributed by atoms with Gasteiger partial charge in [-0.1, -0.05) is 37.3 Å². The van der Waals surface area contributed by atoms with Crippen LogP contribution in [0.4, 0.5) is 5.82 Å². The van der Waals surface area contributed by atoms with Gasteiger partial charge in [-0.2, -0.15) is 4.52 Å². The molecule has 140 valence electrons. The Balaban J connectivity index is 1.28. The Bertz CT molecular complexity index is 901. The third-order valence-corrected chi connectivity index (χ3v) is 5.29. The molecule has 7 heteroatoms. The van der Waals surface area contributed by atoms with Gasteiger partial charge in [0.05, 0.1) is 0 Å². The normalized spacial score (nSPS) is 16.4. The zero-order valence-corrected chi connectivity index (χ0v) is 15.5. The standard InChI is InChI=1S/C20H24N6O/c1-15(16-5-3-2-4-6-16)13-21-20(27)17-9-11-25(12-10-17)19-8-7-18-23-22-14-26(18)24-19/h2-8,14-15,17H,9-13H2,1H3,(H,21,27). The van der Waals surface area contributed by atoms with Crippen LogP contribution in [0.3, 0.4) is 0 Å². The molecule has 3 aromatic rings. The Morgan fingerprint density at radius 3 is 2.74 bits per heavy atom. The van der Waals surface area contributed by atoms with Crippen LogP contribution in [0.2, 0.25) is 0 Å². The quantitative estimate of drug-likeness (QED) is 0.752. The first-order valence-electron chi connectivity index (χ1n) is 9.45. The van der Waals surface area contributed by atoms with Crippen molar-refractivity contribution in [2.45, 2.75) is 25.7 Å². The minimum Gasteiger partial charge on any atom is -0.355 e. The summed E-state index contributed by atoms with van der Waals surface area (Å²) >= 11 is 0. The predicted octanol–water partition coefficient (Wildman–Crippen LogP) is 2.26. The largest absolute Gasteiger partial charge is 0.355 e. The molecule has 1 aliphatic heterocycles. The Labute approximate surface area is 158 Å². The van der Waals surface area contributed by atoms with Crippen LogP contribution in [0.15, 0.2) is 48.8 Å². The van der Waals surface area contributed by atoms with Crippen LogP contribution in [0, 0.1) is 5.92 Å². The van der Waals surface area contributed by atoms with E-state index in [2.05, 4.69) is 44.6 Å². The van der Waals surface area contributed by atoms with E-state index in [0.717, 1.165) is 37.4 Å². The summed E-state index contributed by atoms with van der Waals surface area (Å²) in [6, 6.07) is 14.2. The molecular formula is C20H24N6O. The lowest BCUT2D eigenvalue weighted by Gasteiger charge is -2.32. The van der Waals surface area contributed by atoms with Crippen molar-refractivity contribution in [3.8, 4) is 0 Å². The zero-order valence-electron chi connectivity index (χ0n) is 15.5. The summed E-state index contributed by atoms with van der Waals surface area (Å²) in [5.74, 6) is 1.45. The number of hydrogen-bond donors (Lipinski definition) is 1. The Morgan fingerprint density at radius 1 is 1.19 bits per heavy atom. The lowest BCUT2D eigenvalue weighted by Crippen LogP contribution is -2.41. The highest BCUT2D eigenvalue weighted by atomic mass is 16.1. The second-order valence-electron chi connectivity index (χ2n) is 7.14. The maximum Gasteiger partial charge on any atom is 0.223 e. The number of fused-ring (bicyclic) bond motifs is 1. The summed E-state index contributed by atoms with van der Waals surface area (Å²) in [4.78, 5) is 14.8. The molecule has 4 rings (SSSR count). The van der Waals surface area contributed by atoms with Gasteiger partial charge in [-0.15, -0.1) is 15.3 Å². The summed E-state index contributed by atoms with van der Waals surface area (Å²) < 4.78 is 1.68. The van der Waals surface area contributed by atoms with E-state index in [-0.39, 0.29) is 11.8 Å². The number of nitrogens with zero attached hydrogens (tertiary/aromatic N) is 5. The molecule has 0 bridgehead atoms. The molecule has 1 amide bonds. The maximum atomic E-state index is 12.6. The minimum atomic E-state index is 0.0721. The van der Waals surface area contributed by atoms with Gasteiger partial charge in [0.1, 0.15) is 12.1 Å². The number of piperidine rings is 1. The number of rotatable bonds is 5. The van der Waals surface area contributed by atoms with Gasteiger partial charge in [0.15, 0.2) is 5.65 Å². The number of aromatic nitrogens is 4. The molecule has 1 saturated heterocycles. The highest BCUT2D eigenvalue weighted by Crippen LogP contribution is 2.22. The topological polar surface area (TPSA) is 75.4 Å². The number of benzene rings is 1. The number of carbonyl (C=O) groups excluding carboxylic acids is 1. The van der Waals surface area contributed by atoms with Crippen molar-refractivity contribution in [3.63, 3.8) is 0 Å². The summed E-state index contributed by atoms with van der Waals surface area (Å²) in [7, 11) is 0. The summed E-state index contributed by atoms with van der Waals surface area (Å²) in [5, 5.41) is 15.5. The molecule has 7 nitrogen and oxygen atoms in total. The van der Waals surface area contributed by atoms with Crippen molar-refractivity contribution >= 4 is 17.4 Å². The fourth-order valence-electron chi connectivity index (χ4n) is 3.56. The Hall–Kier alpha value is -2.96. The molecule has 1 aliphatic rings. The van der Waals surface area contributed by atoms with E-state index in [9.17, 15) is 4.79 Å². The Kier molecular flexibility index (Phi) is 5.00. The average Bonchev–Trinajstić information content (AvgIpc) is 3.20. The molecule has 27 heavy (non-hydrogen) atoms. The number of amides is 1. The molecular weight excluding hydrogens is 340 g/mol. The van der Waals surface area contributed by atoms with Gasteiger partial charge in [-0.25, -0.2) is 0 Å². The van der Waals surface area contributed by atoms with Gasteiger partial charge in [-0.3, -0.25) is 4.79 Å². The summed E-state index contributed by atoms with van der Waals surface area (Å²) in [6.07, 6.45) is 3.29. The zero-order chi connectivity index (χ0) is 18.6. The third-order valence-electron chi connectivity index (χ3n) is 5.29. The van der Waals surface area contributed by atoms with E-state index >= 15 is 0 Å². The lowest BCUT2D eigenvalue weighted by molar-refractivity contribution is -0.125. The molecule has 0 spiro atoms. The van der Waals surface area contributed by atoms with E-state index in [0.29, 0.717) is 12.5 Å². The van der Waals surface area contributed by atoms with Crippen molar-refractivity contribution < 1.29 is 4.79 Å². The molecule has 3 heterocycles. The molecule has 1 unspecified atom stereocenters. The first-order valence-corrected chi connectivity index (χ1v) is 9.45. The van der Waals surface area contributed by atoms with E-state index in [1.165, 1.54) is 5.56 Å². The highest BCUT2D eigenvalue weighted by Gasteiger charge is 2.26. The van der Waals surface area contributed by atoms with Crippen LogP contribution in [0.25, 0.3) is 5.65 Å². The second-order valence-corrected chi connectivity index (χ2v) is 7.14. The molecule has 1 fully saturated rings. The van der Waals surface area contributed by atoms with Gasteiger partial charge in [0, 0.05) is 25.6 Å². The van der Waals surface area contributed by atoms with Crippen LogP contribution in [-0.2, 0) is 4.79 Å². The number of carbonyl (C=O) groups is 1. The van der Waals surface area contributed by atoms with Crippen molar-refractivity contribution in [2.24, 2.45) is 5.92 Å². The molecule has 1 N–H and O–H groups in total. The van der Waals surface area contributed by atoms with Crippen molar-refractivity contribution in [1.29, 1.82) is 0 Å². The maximum absolute atomic E-state index is 12.6. The van der Waals surface area contributed by atoms with Gasteiger partial charge < -0.3 is 10.2 Å². The third kappa shape index (κ3) is 3.92. The summed E-state index contributed by atoms with van der Waals surface area (Å²) in [6.45, 7) is 4.47. The predicted molar refractivity (Wildman–Crippen MR) is 104 cm³/mol. The molecule has 1 aromatic carbocycles. The monoisotopic (exact) mass is 364 g/mol. The van der Waals surface area contributed by atoms with Crippen LogP contribution >= 0.6 is 0 Å². The smallest absolute Gasteiger partial charge is 0.223 e. The number of anilines is 1. The van der Waals surface area contributed by atoms with E-state index in [1.807, 2.05) is 30.3 Å². The van der Waals surface area contributed by atoms with Crippen molar-refractivity contribution in [2.75, 3.05) is 24.5 Å². The van der Waals surface area contributed by atoms with Gasteiger partial charge >= 0.3 is 0 Å². The van der Waals surface area contributed by atoms with Crippen molar-refractivity contribution in [3.05, 3.63) is 54.4 Å². The van der Waals surface area contributed by atoms with E-state index in [4.69, 9.17) is 0 Å². The SMILES string of the molecule is CC(CNC(=O)C1CCN(c2ccc3nncn3n2)CC1)c1ccccc1. The van der Waals surface area contributed by atoms with Crippen LogP contribution in [0.1, 0.15) is 31.2 Å². The minimum absolute atomic E-state index is 0.0721. The first kappa shape index (κ1) is 17.5. The number of hydrogen-bond acceptors (Lipinski definition) is 5.